The zero-order valence-electron chi connectivity index (χ0n) is 11.5. The standard InChI is InChI=1S/C14H19NO3/c1-9(2)11-6-7-12(13(8-11)18-5)15(4)14(17)10(3)16/h6-9H,1-5H3. The Morgan fingerprint density at radius 1 is 1.28 bits per heavy atom. The fourth-order valence-corrected chi connectivity index (χ4v) is 1.68. The molecule has 0 unspecified atom stereocenters. The van der Waals surface area contributed by atoms with Crippen LogP contribution in [-0.4, -0.2) is 25.8 Å². The zero-order chi connectivity index (χ0) is 13.9. The fourth-order valence-electron chi connectivity index (χ4n) is 1.68. The van der Waals surface area contributed by atoms with Crippen LogP contribution in [0.25, 0.3) is 0 Å². The second-order valence-corrected chi connectivity index (χ2v) is 4.51. The van der Waals surface area contributed by atoms with Gasteiger partial charge in [0.1, 0.15) is 5.75 Å². The van der Waals surface area contributed by atoms with Crippen LogP contribution in [0.1, 0.15) is 32.3 Å². The highest BCUT2D eigenvalue weighted by molar-refractivity contribution is 6.40. The molecule has 98 valence electrons. The van der Waals surface area contributed by atoms with Gasteiger partial charge in [-0.1, -0.05) is 19.9 Å². The molecule has 0 aliphatic heterocycles. The molecule has 0 fully saturated rings. The normalized spacial score (nSPS) is 10.3. The van der Waals surface area contributed by atoms with Crippen LogP contribution in [-0.2, 0) is 9.59 Å². The summed E-state index contributed by atoms with van der Waals surface area (Å²) in [6.45, 7) is 5.42. The quantitative estimate of drug-likeness (QED) is 0.770. The minimum absolute atomic E-state index is 0.377. The molecule has 0 saturated heterocycles. The monoisotopic (exact) mass is 249 g/mol. The van der Waals surface area contributed by atoms with Gasteiger partial charge in [0.25, 0.3) is 5.91 Å². The molecule has 0 heterocycles. The SMILES string of the molecule is COc1cc(C(C)C)ccc1N(C)C(=O)C(C)=O. The van der Waals surface area contributed by atoms with E-state index < -0.39 is 11.7 Å². The molecule has 1 amide bonds. The maximum atomic E-state index is 11.7. The third-order valence-electron chi connectivity index (χ3n) is 2.84. The number of hydrogen-bond donors (Lipinski definition) is 0. The number of ether oxygens (including phenoxy) is 1. The maximum Gasteiger partial charge on any atom is 0.293 e. The Bertz CT molecular complexity index is 466. The van der Waals surface area contributed by atoms with Gasteiger partial charge in [0.2, 0.25) is 5.78 Å². The third kappa shape index (κ3) is 2.88. The van der Waals surface area contributed by atoms with E-state index in [0.717, 1.165) is 5.56 Å². The predicted molar refractivity (Wildman–Crippen MR) is 71.2 cm³/mol. The number of carbonyl (C=O) groups is 2. The topological polar surface area (TPSA) is 46.6 Å². The first-order chi connectivity index (χ1) is 8.38. The highest BCUT2D eigenvalue weighted by Gasteiger charge is 2.19. The molecule has 1 aromatic carbocycles. The van der Waals surface area contributed by atoms with Gasteiger partial charge in [0.15, 0.2) is 0 Å². The average Bonchev–Trinajstić information content (AvgIpc) is 2.35. The van der Waals surface area contributed by atoms with Crippen LogP contribution in [0, 0.1) is 0 Å². The van der Waals surface area contributed by atoms with E-state index in [-0.39, 0.29) is 0 Å². The molecule has 18 heavy (non-hydrogen) atoms. The Hall–Kier alpha value is -1.84. The van der Waals surface area contributed by atoms with Crippen LogP contribution in [0.4, 0.5) is 5.69 Å². The summed E-state index contributed by atoms with van der Waals surface area (Å²) < 4.78 is 5.28. The van der Waals surface area contributed by atoms with Gasteiger partial charge in [0, 0.05) is 14.0 Å². The smallest absolute Gasteiger partial charge is 0.293 e. The molecule has 0 atom stereocenters. The summed E-state index contributed by atoms with van der Waals surface area (Å²) in [5, 5.41) is 0. The van der Waals surface area contributed by atoms with Crippen molar-refractivity contribution in [1.82, 2.24) is 0 Å². The van der Waals surface area contributed by atoms with Crippen molar-refractivity contribution in [3.63, 3.8) is 0 Å². The largest absolute Gasteiger partial charge is 0.495 e. The Morgan fingerprint density at radius 3 is 2.33 bits per heavy atom. The number of hydrogen-bond acceptors (Lipinski definition) is 3. The lowest BCUT2D eigenvalue weighted by Gasteiger charge is -2.20. The van der Waals surface area contributed by atoms with Gasteiger partial charge in [-0.2, -0.15) is 0 Å². The molecule has 0 radical (unpaired) electrons. The van der Waals surface area contributed by atoms with Crippen molar-refractivity contribution >= 4 is 17.4 Å². The first-order valence-corrected chi connectivity index (χ1v) is 5.85. The first-order valence-electron chi connectivity index (χ1n) is 5.85. The Balaban J connectivity index is 3.17. The Labute approximate surface area is 108 Å². The minimum atomic E-state index is -0.550. The van der Waals surface area contributed by atoms with Crippen LogP contribution in [0.5, 0.6) is 5.75 Å². The van der Waals surface area contributed by atoms with Crippen molar-refractivity contribution in [2.75, 3.05) is 19.1 Å². The van der Waals surface area contributed by atoms with E-state index in [9.17, 15) is 9.59 Å². The van der Waals surface area contributed by atoms with Crippen LogP contribution in [0.3, 0.4) is 0 Å². The molecule has 0 N–H and O–H groups in total. The molecule has 4 nitrogen and oxygen atoms in total. The number of Topliss-reactive ketones (excluding diaryl/α,β-unsaturated/α-hetero) is 1. The van der Waals surface area contributed by atoms with Crippen molar-refractivity contribution in [1.29, 1.82) is 0 Å². The molecule has 1 rings (SSSR count). The number of nitrogens with zero attached hydrogens (tertiary/aromatic N) is 1. The van der Waals surface area contributed by atoms with Crippen molar-refractivity contribution in [3.8, 4) is 5.75 Å². The van der Waals surface area contributed by atoms with Gasteiger partial charge in [-0.25, -0.2) is 0 Å². The summed E-state index contributed by atoms with van der Waals surface area (Å²) in [7, 11) is 3.12. The molecular weight excluding hydrogens is 230 g/mol. The number of methoxy groups -OCH3 is 1. The van der Waals surface area contributed by atoms with Gasteiger partial charge >= 0.3 is 0 Å². The van der Waals surface area contributed by atoms with Crippen molar-refractivity contribution in [2.45, 2.75) is 26.7 Å². The van der Waals surface area contributed by atoms with Crippen LogP contribution >= 0.6 is 0 Å². The first kappa shape index (κ1) is 14.2. The number of anilines is 1. The average molecular weight is 249 g/mol. The fraction of sp³-hybridized carbons (Fsp3) is 0.429. The van der Waals surface area contributed by atoms with E-state index in [0.29, 0.717) is 17.4 Å². The van der Waals surface area contributed by atoms with Gasteiger partial charge in [-0.15, -0.1) is 0 Å². The highest BCUT2D eigenvalue weighted by Crippen LogP contribution is 2.31. The lowest BCUT2D eigenvalue weighted by atomic mass is 10.0. The molecule has 4 heteroatoms. The summed E-state index contributed by atoms with van der Waals surface area (Å²) in [5.41, 5.74) is 1.72. The second kappa shape index (κ2) is 5.67. The van der Waals surface area contributed by atoms with Gasteiger partial charge < -0.3 is 9.64 Å². The van der Waals surface area contributed by atoms with E-state index in [1.54, 1.807) is 20.2 Å². The van der Waals surface area contributed by atoms with Crippen molar-refractivity contribution in [2.24, 2.45) is 0 Å². The highest BCUT2D eigenvalue weighted by atomic mass is 16.5. The minimum Gasteiger partial charge on any atom is -0.495 e. The summed E-state index contributed by atoms with van der Waals surface area (Å²) >= 11 is 0. The molecular formula is C14H19NO3. The van der Waals surface area contributed by atoms with E-state index in [2.05, 4.69) is 13.8 Å². The van der Waals surface area contributed by atoms with Crippen LogP contribution in [0.15, 0.2) is 18.2 Å². The van der Waals surface area contributed by atoms with Crippen LogP contribution < -0.4 is 9.64 Å². The molecule has 0 aromatic heterocycles. The number of amides is 1. The van der Waals surface area contributed by atoms with E-state index in [1.165, 1.54) is 11.8 Å². The second-order valence-electron chi connectivity index (χ2n) is 4.51. The van der Waals surface area contributed by atoms with E-state index >= 15 is 0 Å². The van der Waals surface area contributed by atoms with E-state index in [1.807, 2.05) is 12.1 Å². The van der Waals surface area contributed by atoms with Crippen LogP contribution in [0.2, 0.25) is 0 Å². The van der Waals surface area contributed by atoms with Crippen molar-refractivity contribution in [3.05, 3.63) is 23.8 Å². The number of likely N-dealkylation sites (N-methyl/N-ethyl adjacent to an activating group) is 1. The van der Waals surface area contributed by atoms with E-state index in [4.69, 9.17) is 4.74 Å². The van der Waals surface area contributed by atoms with Gasteiger partial charge in [0.05, 0.1) is 12.8 Å². The maximum absolute atomic E-state index is 11.7. The Morgan fingerprint density at radius 2 is 1.89 bits per heavy atom. The number of ketones is 1. The molecule has 0 spiro atoms. The van der Waals surface area contributed by atoms with Gasteiger partial charge in [-0.3, -0.25) is 9.59 Å². The Kier molecular flexibility index (Phi) is 4.48. The summed E-state index contributed by atoms with van der Waals surface area (Å²) in [5.74, 6) is -0.0712. The summed E-state index contributed by atoms with van der Waals surface area (Å²) in [4.78, 5) is 24.1. The zero-order valence-corrected chi connectivity index (χ0v) is 11.5. The lowest BCUT2D eigenvalue weighted by Crippen LogP contribution is -2.31. The molecule has 1 aromatic rings. The molecule has 0 aliphatic carbocycles. The third-order valence-corrected chi connectivity index (χ3v) is 2.84. The predicted octanol–water partition coefficient (Wildman–Crippen LogP) is 2.37. The number of benzene rings is 1. The summed E-state index contributed by atoms with van der Waals surface area (Å²) in [6.07, 6.45) is 0. The number of carbonyl (C=O) groups excluding carboxylic acids is 2. The molecule has 0 aliphatic rings. The summed E-state index contributed by atoms with van der Waals surface area (Å²) in [6, 6.07) is 5.63. The van der Waals surface area contributed by atoms with Gasteiger partial charge in [-0.05, 0) is 23.6 Å². The van der Waals surface area contributed by atoms with Crippen molar-refractivity contribution < 1.29 is 14.3 Å². The molecule has 0 bridgehead atoms. The lowest BCUT2D eigenvalue weighted by molar-refractivity contribution is -0.134. The molecule has 0 saturated carbocycles. The number of rotatable bonds is 4.